The van der Waals surface area contributed by atoms with Gasteiger partial charge in [-0.1, -0.05) is 29.8 Å². The van der Waals surface area contributed by atoms with Gasteiger partial charge in [-0.2, -0.15) is 0 Å². The number of para-hydroxylation sites is 1. The molecule has 0 radical (unpaired) electrons. The van der Waals surface area contributed by atoms with Crippen LogP contribution in [0.5, 0.6) is 0 Å². The van der Waals surface area contributed by atoms with Crippen LogP contribution in [-0.4, -0.2) is 47.7 Å². The maximum Gasteiger partial charge on any atom is 0.227 e. The monoisotopic (exact) mass is 336 g/mol. The Balaban J connectivity index is 1.60. The van der Waals surface area contributed by atoms with E-state index in [-0.39, 0.29) is 12.0 Å². The second-order valence-corrected chi connectivity index (χ2v) is 8.51. The molecule has 3 saturated heterocycles. The highest BCUT2D eigenvalue weighted by Gasteiger charge is 2.68. The van der Waals surface area contributed by atoms with Gasteiger partial charge in [0.15, 0.2) is 0 Å². The Morgan fingerprint density at radius 3 is 3.08 bits per heavy atom. The summed E-state index contributed by atoms with van der Waals surface area (Å²) in [5.41, 5.74) is 4.17. The van der Waals surface area contributed by atoms with E-state index in [0.717, 1.165) is 19.5 Å². The standard InChI is InChI=1S/C21H24N2O2/c24-10-7-13-12-22-9-8-21-16-3-1-2-4-17(16)23-19(25)6-5-14(20(21)23)15(13)11-18(21)22/h1-4,7,14-15,18,20,24H,5-6,8-12H2/t14?,15-,18-,20+,21-/m0/s1. The number of hydrogen-bond donors (Lipinski definition) is 1. The molecule has 1 aromatic rings. The van der Waals surface area contributed by atoms with Crippen molar-refractivity contribution in [1.82, 2.24) is 4.90 Å². The quantitative estimate of drug-likeness (QED) is 0.799. The molecule has 2 bridgehead atoms. The van der Waals surface area contributed by atoms with Crippen LogP contribution in [0.15, 0.2) is 35.9 Å². The molecule has 130 valence electrons. The fraction of sp³-hybridized carbons (Fsp3) is 0.571. The molecular weight excluding hydrogens is 312 g/mol. The molecule has 4 fully saturated rings. The van der Waals surface area contributed by atoms with Gasteiger partial charge in [-0.25, -0.2) is 0 Å². The summed E-state index contributed by atoms with van der Waals surface area (Å²) in [4.78, 5) is 17.7. The van der Waals surface area contributed by atoms with E-state index in [1.807, 2.05) is 0 Å². The highest BCUT2D eigenvalue weighted by Crippen LogP contribution is 2.64. The van der Waals surface area contributed by atoms with Crippen molar-refractivity contribution in [3.8, 4) is 0 Å². The van der Waals surface area contributed by atoms with Crippen molar-refractivity contribution in [2.75, 3.05) is 24.6 Å². The van der Waals surface area contributed by atoms with Crippen LogP contribution in [0.2, 0.25) is 0 Å². The summed E-state index contributed by atoms with van der Waals surface area (Å²) in [5, 5.41) is 9.52. The maximum absolute atomic E-state index is 12.9. The molecule has 5 atom stereocenters. The summed E-state index contributed by atoms with van der Waals surface area (Å²) in [6, 6.07) is 9.56. The summed E-state index contributed by atoms with van der Waals surface area (Å²) in [6.07, 6.45) is 6.09. The van der Waals surface area contributed by atoms with E-state index in [2.05, 4.69) is 40.1 Å². The molecule has 25 heavy (non-hydrogen) atoms. The van der Waals surface area contributed by atoms with Crippen LogP contribution in [0.25, 0.3) is 0 Å². The van der Waals surface area contributed by atoms with Gasteiger partial charge in [-0.3, -0.25) is 9.69 Å². The number of nitrogens with zero attached hydrogens (tertiary/aromatic N) is 2. The highest BCUT2D eigenvalue weighted by atomic mass is 16.2. The number of aliphatic hydroxyl groups is 1. The smallest absolute Gasteiger partial charge is 0.227 e. The van der Waals surface area contributed by atoms with E-state index in [9.17, 15) is 9.90 Å². The first-order valence-electron chi connectivity index (χ1n) is 9.71. The minimum Gasteiger partial charge on any atom is -0.392 e. The van der Waals surface area contributed by atoms with Crippen LogP contribution in [0.4, 0.5) is 5.69 Å². The van der Waals surface area contributed by atoms with Crippen molar-refractivity contribution in [3.63, 3.8) is 0 Å². The molecule has 4 heterocycles. The topological polar surface area (TPSA) is 43.8 Å². The summed E-state index contributed by atoms with van der Waals surface area (Å²) in [6.45, 7) is 2.26. The molecule has 6 rings (SSSR count). The Hall–Kier alpha value is -1.65. The second kappa shape index (κ2) is 4.74. The van der Waals surface area contributed by atoms with E-state index in [1.54, 1.807) is 0 Å². The van der Waals surface area contributed by atoms with Crippen LogP contribution >= 0.6 is 0 Å². The van der Waals surface area contributed by atoms with Crippen molar-refractivity contribution < 1.29 is 9.90 Å². The number of fused-ring (bicyclic) bond motifs is 4. The fourth-order valence-electron chi connectivity index (χ4n) is 7.18. The Kier molecular flexibility index (Phi) is 2.75. The molecule has 1 N–H and O–H groups in total. The van der Waals surface area contributed by atoms with Crippen molar-refractivity contribution in [2.24, 2.45) is 11.8 Å². The number of amides is 1. The first-order valence-corrected chi connectivity index (χ1v) is 9.71. The van der Waals surface area contributed by atoms with Crippen LogP contribution in [0.1, 0.15) is 31.2 Å². The third kappa shape index (κ3) is 1.55. The van der Waals surface area contributed by atoms with Gasteiger partial charge >= 0.3 is 0 Å². The molecule has 1 unspecified atom stereocenters. The Morgan fingerprint density at radius 2 is 2.20 bits per heavy atom. The van der Waals surface area contributed by atoms with Gasteiger partial charge in [0.1, 0.15) is 0 Å². The van der Waals surface area contributed by atoms with E-state index in [0.29, 0.717) is 36.2 Å². The lowest BCUT2D eigenvalue weighted by Gasteiger charge is -2.57. The van der Waals surface area contributed by atoms with Gasteiger partial charge in [0, 0.05) is 30.1 Å². The number of hydrogen-bond acceptors (Lipinski definition) is 3. The molecule has 1 saturated carbocycles. The van der Waals surface area contributed by atoms with Crippen molar-refractivity contribution in [1.29, 1.82) is 0 Å². The van der Waals surface area contributed by atoms with Gasteiger partial charge < -0.3 is 10.0 Å². The van der Waals surface area contributed by atoms with Gasteiger partial charge in [0.25, 0.3) is 0 Å². The fourth-order valence-corrected chi connectivity index (χ4v) is 7.18. The number of aliphatic hydroxyl groups excluding tert-OH is 1. The lowest BCUT2D eigenvalue weighted by atomic mass is 9.54. The highest BCUT2D eigenvalue weighted by molar-refractivity contribution is 5.98. The van der Waals surface area contributed by atoms with Crippen LogP contribution in [-0.2, 0) is 10.2 Å². The lowest BCUT2D eigenvalue weighted by molar-refractivity contribution is -0.123. The first-order chi connectivity index (χ1) is 12.3. The summed E-state index contributed by atoms with van der Waals surface area (Å²) in [7, 11) is 0. The van der Waals surface area contributed by atoms with Crippen LogP contribution < -0.4 is 4.90 Å². The van der Waals surface area contributed by atoms with Crippen molar-refractivity contribution in [3.05, 3.63) is 41.5 Å². The zero-order chi connectivity index (χ0) is 16.8. The molecule has 1 spiro atoms. The zero-order valence-corrected chi connectivity index (χ0v) is 14.4. The van der Waals surface area contributed by atoms with Gasteiger partial charge in [0.2, 0.25) is 5.91 Å². The van der Waals surface area contributed by atoms with Gasteiger partial charge in [-0.05, 0) is 49.3 Å². The molecular formula is C21H24N2O2. The number of benzene rings is 1. The molecule has 4 heteroatoms. The molecule has 0 aromatic heterocycles. The Labute approximate surface area is 148 Å². The summed E-state index contributed by atoms with van der Waals surface area (Å²) in [5.74, 6) is 1.39. The zero-order valence-electron chi connectivity index (χ0n) is 14.4. The van der Waals surface area contributed by atoms with E-state index >= 15 is 0 Å². The average Bonchev–Trinajstić information content (AvgIpc) is 3.17. The Bertz CT molecular complexity index is 803. The molecule has 1 aliphatic carbocycles. The molecule has 1 aromatic carbocycles. The maximum atomic E-state index is 12.9. The number of carbonyl (C=O) groups is 1. The summed E-state index contributed by atoms with van der Waals surface area (Å²) >= 11 is 0. The Morgan fingerprint density at radius 1 is 1.32 bits per heavy atom. The number of rotatable bonds is 1. The third-order valence-electron chi connectivity index (χ3n) is 7.89. The predicted octanol–water partition coefficient (Wildman–Crippen LogP) is 2.08. The van der Waals surface area contributed by atoms with Gasteiger partial charge in [-0.15, -0.1) is 0 Å². The molecule has 4 nitrogen and oxygen atoms in total. The van der Waals surface area contributed by atoms with E-state index in [1.165, 1.54) is 29.7 Å². The third-order valence-corrected chi connectivity index (χ3v) is 7.89. The second-order valence-electron chi connectivity index (χ2n) is 8.51. The lowest BCUT2D eigenvalue weighted by Crippen LogP contribution is -2.66. The SMILES string of the molecule is O=C1CCC2[C@H]3C[C@@H]4N(CC[C@]45c4ccccc4N1[C@H]25)CC3=CCO. The number of anilines is 1. The van der Waals surface area contributed by atoms with Crippen LogP contribution in [0, 0.1) is 11.8 Å². The largest absolute Gasteiger partial charge is 0.392 e. The summed E-state index contributed by atoms with van der Waals surface area (Å²) < 4.78 is 0. The van der Waals surface area contributed by atoms with Crippen LogP contribution in [0.3, 0.4) is 0 Å². The number of carbonyl (C=O) groups excluding carboxylic acids is 1. The molecule has 4 aliphatic heterocycles. The molecule has 1 amide bonds. The predicted molar refractivity (Wildman–Crippen MR) is 95.4 cm³/mol. The molecule has 5 aliphatic rings. The number of piperidine rings is 2. The van der Waals surface area contributed by atoms with E-state index < -0.39 is 0 Å². The minimum atomic E-state index is 0.135. The first kappa shape index (κ1) is 14.5. The van der Waals surface area contributed by atoms with E-state index in [4.69, 9.17) is 0 Å². The van der Waals surface area contributed by atoms with Crippen molar-refractivity contribution in [2.45, 2.75) is 43.2 Å². The normalized spacial score (nSPS) is 42.7. The van der Waals surface area contributed by atoms with Gasteiger partial charge in [0.05, 0.1) is 12.6 Å². The average molecular weight is 336 g/mol. The van der Waals surface area contributed by atoms with Crippen molar-refractivity contribution >= 4 is 11.6 Å². The minimum absolute atomic E-state index is 0.135.